The molecule has 0 atom stereocenters. The number of hydrogen-bond acceptors (Lipinski definition) is 5. The van der Waals surface area contributed by atoms with Crippen molar-refractivity contribution in [2.24, 2.45) is 0 Å². The van der Waals surface area contributed by atoms with Crippen LogP contribution < -0.4 is 5.48 Å². The number of amides is 1. The minimum atomic E-state index is -4.45. The molecule has 32 heavy (non-hydrogen) atoms. The van der Waals surface area contributed by atoms with Gasteiger partial charge in [0.15, 0.2) is 0 Å². The number of carbonyl (C=O) groups excluding carboxylic acids is 1. The maximum atomic E-state index is 14.2. The van der Waals surface area contributed by atoms with Gasteiger partial charge in [-0.05, 0) is 24.6 Å². The molecule has 10 heteroatoms. The van der Waals surface area contributed by atoms with Crippen LogP contribution in [0.1, 0.15) is 39.1 Å². The third-order valence-electron chi connectivity index (χ3n) is 4.46. The Morgan fingerprint density at radius 1 is 1.12 bits per heavy atom. The summed E-state index contributed by atoms with van der Waals surface area (Å²) in [6.07, 6.45) is -4.45. The molecule has 0 fully saturated rings. The van der Waals surface area contributed by atoms with E-state index in [-0.39, 0.29) is 25.3 Å². The van der Waals surface area contributed by atoms with Gasteiger partial charge in [-0.2, -0.15) is 13.2 Å². The highest BCUT2D eigenvalue weighted by Gasteiger charge is 2.30. The van der Waals surface area contributed by atoms with Crippen molar-refractivity contribution in [1.29, 1.82) is 0 Å². The summed E-state index contributed by atoms with van der Waals surface area (Å²) in [4.78, 5) is 22.9. The predicted molar refractivity (Wildman–Crippen MR) is 112 cm³/mol. The van der Waals surface area contributed by atoms with Gasteiger partial charge >= 0.3 is 6.18 Å². The number of alkyl halides is 3. The van der Waals surface area contributed by atoms with Gasteiger partial charge < -0.3 is 0 Å². The highest BCUT2D eigenvalue weighted by atomic mass is 32.1. The zero-order valence-corrected chi connectivity index (χ0v) is 18.0. The van der Waals surface area contributed by atoms with E-state index in [1.54, 1.807) is 41.5 Å². The fourth-order valence-corrected chi connectivity index (χ4v) is 3.82. The molecule has 0 saturated heterocycles. The first kappa shape index (κ1) is 23.8. The number of hydrogen-bond donors (Lipinski definition) is 1. The van der Waals surface area contributed by atoms with Crippen molar-refractivity contribution < 1.29 is 27.2 Å². The molecule has 2 aromatic carbocycles. The number of halogens is 4. The first-order valence-corrected chi connectivity index (χ1v) is 10.6. The number of hydroxylamine groups is 1. The van der Waals surface area contributed by atoms with Crippen LogP contribution >= 0.6 is 11.3 Å². The molecule has 170 valence electrons. The second kappa shape index (κ2) is 10.7. The highest BCUT2D eigenvalue weighted by Crippen LogP contribution is 2.30. The van der Waals surface area contributed by atoms with Crippen LogP contribution in [0.15, 0.2) is 53.9 Å². The molecule has 5 nitrogen and oxygen atoms in total. The monoisotopic (exact) mass is 467 g/mol. The van der Waals surface area contributed by atoms with Crippen LogP contribution in [0.5, 0.6) is 0 Å². The molecule has 1 N–H and O–H groups in total. The first-order chi connectivity index (χ1) is 15.3. The quantitative estimate of drug-likeness (QED) is 0.348. The topological polar surface area (TPSA) is 54.5 Å². The van der Waals surface area contributed by atoms with Crippen LogP contribution in [-0.2, 0) is 30.6 Å². The van der Waals surface area contributed by atoms with Crippen molar-refractivity contribution in [3.63, 3.8) is 0 Å². The molecule has 0 saturated carbocycles. The number of aromatic nitrogens is 1. The van der Waals surface area contributed by atoms with Gasteiger partial charge in [0, 0.05) is 24.0 Å². The van der Waals surface area contributed by atoms with Crippen LogP contribution in [0.3, 0.4) is 0 Å². The fraction of sp³-hybridized carbons (Fsp3) is 0.273. The summed E-state index contributed by atoms with van der Waals surface area (Å²) in [6.45, 7) is 2.54. The van der Waals surface area contributed by atoms with E-state index in [4.69, 9.17) is 4.84 Å². The summed E-state index contributed by atoms with van der Waals surface area (Å²) < 4.78 is 53.5. The smallest absolute Gasteiger partial charge is 0.288 e. The van der Waals surface area contributed by atoms with Gasteiger partial charge in [-0.3, -0.25) is 14.5 Å². The minimum Gasteiger partial charge on any atom is -0.288 e. The standard InChI is InChI=1S/C22H21F4N3O2S/c1-2-31-28-21(30)19-14-32-20(27-19)13-29(12-16-7-3-4-9-18(16)23)11-15-6-5-8-17(10-15)22(24,25)26/h3-10,14H,2,11-13H2,1H3,(H,28,30). The Morgan fingerprint density at radius 2 is 1.91 bits per heavy atom. The molecule has 1 heterocycles. The van der Waals surface area contributed by atoms with Gasteiger partial charge in [-0.25, -0.2) is 14.9 Å². The molecule has 1 amide bonds. The van der Waals surface area contributed by atoms with Crippen molar-refractivity contribution in [3.8, 4) is 0 Å². The van der Waals surface area contributed by atoms with Gasteiger partial charge in [-0.15, -0.1) is 11.3 Å². The molecule has 0 aliphatic rings. The highest BCUT2D eigenvalue weighted by molar-refractivity contribution is 7.09. The maximum Gasteiger partial charge on any atom is 0.416 e. The number of carbonyl (C=O) groups is 1. The van der Waals surface area contributed by atoms with E-state index < -0.39 is 23.5 Å². The van der Waals surface area contributed by atoms with Gasteiger partial charge in [0.2, 0.25) is 0 Å². The molecule has 3 aromatic rings. The summed E-state index contributed by atoms with van der Waals surface area (Å²) in [5, 5.41) is 2.13. The summed E-state index contributed by atoms with van der Waals surface area (Å²) in [7, 11) is 0. The van der Waals surface area contributed by atoms with Crippen LogP contribution in [0.4, 0.5) is 17.6 Å². The van der Waals surface area contributed by atoms with E-state index >= 15 is 0 Å². The molecule has 0 bridgehead atoms. The molecular weight excluding hydrogens is 446 g/mol. The molecule has 0 aliphatic carbocycles. The summed E-state index contributed by atoms with van der Waals surface area (Å²) in [5.74, 6) is -0.898. The van der Waals surface area contributed by atoms with Gasteiger partial charge in [0.25, 0.3) is 5.91 Å². The van der Waals surface area contributed by atoms with E-state index in [0.717, 1.165) is 12.1 Å². The number of benzene rings is 2. The van der Waals surface area contributed by atoms with Gasteiger partial charge in [0.1, 0.15) is 16.5 Å². The lowest BCUT2D eigenvalue weighted by molar-refractivity contribution is -0.137. The van der Waals surface area contributed by atoms with Crippen LogP contribution in [-0.4, -0.2) is 22.4 Å². The van der Waals surface area contributed by atoms with Gasteiger partial charge in [-0.1, -0.05) is 36.4 Å². The lowest BCUT2D eigenvalue weighted by atomic mass is 10.1. The Hall–Kier alpha value is -2.82. The van der Waals surface area contributed by atoms with Crippen molar-refractivity contribution >= 4 is 17.2 Å². The minimum absolute atomic E-state index is 0.137. The second-order valence-corrected chi connectivity index (χ2v) is 7.87. The largest absolute Gasteiger partial charge is 0.416 e. The molecule has 0 unspecified atom stereocenters. The Kier molecular flexibility index (Phi) is 7.94. The van der Waals surface area contributed by atoms with E-state index in [9.17, 15) is 22.4 Å². The van der Waals surface area contributed by atoms with Crippen LogP contribution in [0, 0.1) is 5.82 Å². The van der Waals surface area contributed by atoms with Crippen molar-refractivity contribution in [3.05, 3.63) is 87.1 Å². The SMILES string of the molecule is CCONC(=O)c1csc(CN(Cc2cccc(C(F)(F)F)c2)Cc2ccccc2F)n1. The van der Waals surface area contributed by atoms with Gasteiger partial charge in [0.05, 0.1) is 18.7 Å². The Balaban J connectivity index is 1.81. The number of thiazole rings is 1. The van der Waals surface area contributed by atoms with E-state index in [2.05, 4.69) is 10.5 Å². The number of rotatable bonds is 9. The van der Waals surface area contributed by atoms with Crippen molar-refractivity contribution in [1.82, 2.24) is 15.4 Å². The molecule has 0 aliphatic heterocycles. The molecule has 0 radical (unpaired) electrons. The van der Waals surface area contributed by atoms with Crippen LogP contribution in [0.25, 0.3) is 0 Å². The number of nitrogens with zero attached hydrogens (tertiary/aromatic N) is 2. The second-order valence-electron chi connectivity index (χ2n) is 6.93. The average Bonchev–Trinajstić information content (AvgIpc) is 3.22. The third-order valence-corrected chi connectivity index (χ3v) is 5.30. The Bertz CT molecular complexity index is 1060. The molecule has 1 aromatic heterocycles. The molecular formula is C22H21F4N3O2S. The van der Waals surface area contributed by atoms with E-state index in [0.29, 0.717) is 22.7 Å². The average molecular weight is 467 g/mol. The lowest BCUT2D eigenvalue weighted by Crippen LogP contribution is -2.25. The summed E-state index contributed by atoms with van der Waals surface area (Å²) >= 11 is 1.23. The summed E-state index contributed by atoms with van der Waals surface area (Å²) in [6, 6.07) is 11.2. The normalized spacial score (nSPS) is 11.7. The zero-order valence-electron chi connectivity index (χ0n) is 17.2. The maximum absolute atomic E-state index is 14.2. The Morgan fingerprint density at radius 3 is 2.62 bits per heavy atom. The van der Waals surface area contributed by atoms with Crippen molar-refractivity contribution in [2.75, 3.05) is 6.61 Å². The lowest BCUT2D eigenvalue weighted by Gasteiger charge is -2.22. The van der Waals surface area contributed by atoms with E-state index in [1.165, 1.54) is 23.5 Å². The third kappa shape index (κ3) is 6.59. The zero-order chi connectivity index (χ0) is 23.1. The van der Waals surface area contributed by atoms with E-state index in [1.807, 2.05) is 0 Å². The predicted octanol–water partition coefficient (Wildman–Crippen LogP) is 5.18. The fourth-order valence-electron chi connectivity index (χ4n) is 3.01. The first-order valence-electron chi connectivity index (χ1n) is 9.74. The number of nitrogens with one attached hydrogen (secondary N) is 1. The molecule has 3 rings (SSSR count). The molecule has 0 spiro atoms. The summed E-state index contributed by atoms with van der Waals surface area (Å²) in [5.41, 5.74) is 2.52. The Labute approximate surface area is 186 Å². The van der Waals surface area contributed by atoms with Crippen LogP contribution in [0.2, 0.25) is 0 Å². The van der Waals surface area contributed by atoms with Crippen molar-refractivity contribution in [2.45, 2.75) is 32.7 Å².